The summed E-state index contributed by atoms with van der Waals surface area (Å²) in [6, 6.07) is 12.7. The van der Waals surface area contributed by atoms with Crippen LogP contribution in [0.4, 0.5) is 11.5 Å². The van der Waals surface area contributed by atoms with Gasteiger partial charge in [-0.3, -0.25) is 4.79 Å². The number of nitrogens with two attached hydrogens (primary N) is 1. The first-order valence-corrected chi connectivity index (χ1v) is 11.7. The van der Waals surface area contributed by atoms with Crippen molar-refractivity contribution in [1.29, 1.82) is 0 Å². The van der Waals surface area contributed by atoms with Crippen LogP contribution in [0.2, 0.25) is 5.02 Å². The van der Waals surface area contributed by atoms with E-state index in [1.54, 1.807) is 42.7 Å². The van der Waals surface area contributed by atoms with Crippen LogP contribution in [-0.4, -0.2) is 37.5 Å². The number of aromatic nitrogens is 2. The van der Waals surface area contributed by atoms with Gasteiger partial charge in [-0.1, -0.05) is 23.7 Å². The normalized spacial score (nSPS) is 11.3. The van der Waals surface area contributed by atoms with Gasteiger partial charge in [0, 0.05) is 0 Å². The molecular formula is C19H19ClN4O4S2. The monoisotopic (exact) mass is 466 g/mol. The quantitative estimate of drug-likeness (QED) is 0.513. The Morgan fingerprint density at radius 2 is 1.90 bits per heavy atom. The largest absolute Gasteiger partial charge is 0.497 e. The molecule has 0 spiro atoms. The fourth-order valence-corrected chi connectivity index (χ4v) is 5.32. The number of methoxy groups -OCH3 is 1. The van der Waals surface area contributed by atoms with E-state index in [4.69, 9.17) is 22.1 Å². The molecule has 0 bridgehead atoms. The number of amides is 1. The molecule has 1 heterocycles. The topological polar surface area (TPSA) is 116 Å². The predicted octanol–water partition coefficient (Wildman–Crippen LogP) is 3.32. The van der Waals surface area contributed by atoms with Crippen LogP contribution in [0.15, 0.2) is 63.3 Å². The molecular weight excluding hydrogens is 448 g/mol. The van der Waals surface area contributed by atoms with E-state index in [9.17, 15) is 13.2 Å². The number of sulfone groups is 1. The molecule has 3 aromatic rings. The highest BCUT2D eigenvalue weighted by atomic mass is 35.5. The van der Waals surface area contributed by atoms with Crippen molar-refractivity contribution in [3.63, 3.8) is 0 Å². The standard InChI is InChI=1S/C19H19ClN4O4S2/c1-28-12-7-9-13(10-8-12)30(26,27)17-18(21)24(23-19(17)29-2)11-16(25)22-15-6-4-3-5-14(15)20/h3-10H,11,21H2,1-2H3,(H,22,25). The van der Waals surface area contributed by atoms with Gasteiger partial charge in [0.05, 0.1) is 22.7 Å². The number of nitrogen functional groups attached to an aromatic ring is 1. The Balaban J connectivity index is 1.92. The Morgan fingerprint density at radius 1 is 1.23 bits per heavy atom. The van der Waals surface area contributed by atoms with Gasteiger partial charge in [-0.25, -0.2) is 13.1 Å². The van der Waals surface area contributed by atoms with E-state index in [0.29, 0.717) is 16.5 Å². The van der Waals surface area contributed by atoms with Crippen molar-refractivity contribution in [2.75, 3.05) is 24.4 Å². The number of thioether (sulfide) groups is 1. The SMILES string of the molecule is COc1ccc(S(=O)(=O)c2c(SC)nn(CC(=O)Nc3ccccc3Cl)c2N)cc1. The van der Waals surface area contributed by atoms with E-state index < -0.39 is 15.7 Å². The number of nitrogens with one attached hydrogen (secondary N) is 1. The molecule has 0 saturated heterocycles. The number of carbonyl (C=O) groups excluding carboxylic acids is 1. The van der Waals surface area contributed by atoms with E-state index >= 15 is 0 Å². The summed E-state index contributed by atoms with van der Waals surface area (Å²) in [7, 11) is -2.46. The van der Waals surface area contributed by atoms with E-state index in [-0.39, 0.29) is 27.2 Å². The van der Waals surface area contributed by atoms with Crippen LogP contribution >= 0.6 is 23.4 Å². The van der Waals surface area contributed by atoms with Gasteiger partial charge in [-0.05, 0) is 42.7 Å². The molecule has 2 aromatic carbocycles. The minimum absolute atomic E-state index is 0.0466. The molecule has 8 nitrogen and oxygen atoms in total. The van der Waals surface area contributed by atoms with E-state index in [2.05, 4.69) is 10.4 Å². The van der Waals surface area contributed by atoms with Crippen molar-refractivity contribution in [2.24, 2.45) is 0 Å². The number of benzene rings is 2. The van der Waals surface area contributed by atoms with Crippen LogP contribution in [0.1, 0.15) is 0 Å². The Hall–Kier alpha value is -2.69. The zero-order valence-electron chi connectivity index (χ0n) is 16.1. The van der Waals surface area contributed by atoms with Crippen molar-refractivity contribution in [3.05, 3.63) is 53.6 Å². The first-order chi connectivity index (χ1) is 14.3. The second-order valence-corrected chi connectivity index (χ2v) is 9.18. The van der Waals surface area contributed by atoms with Crippen molar-refractivity contribution < 1.29 is 17.9 Å². The first-order valence-electron chi connectivity index (χ1n) is 8.61. The number of ether oxygens (including phenoxy) is 1. The number of halogens is 1. The summed E-state index contributed by atoms with van der Waals surface area (Å²) in [6.45, 7) is -0.275. The molecule has 0 atom stereocenters. The Labute approximate surface area is 183 Å². The van der Waals surface area contributed by atoms with Gasteiger partial charge >= 0.3 is 0 Å². The van der Waals surface area contributed by atoms with Gasteiger partial charge in [0.15, 0.2) is 0 Å². The van der Waals surface area contributed by atoms with Gasteiger partial charge in [0.1, 0.15) is 28.0 Å². The van der Waals surface area contributed by atoms with Crippen molar-refractivity contribution in [1.82, 2.24) is 9.78 Å². The van der Waals surface area contributed by atoms with Crippen molar-refractivity contribution in [3.8, 4) is 5.75 Å². The minimum Gasteiger partial charge on any atom is -0.497 e. The minimum atomic E-state index is -3.96. The molecule has 158 valence electrons. The van der Waals surface area contributed by atoms with Crippen LogP contribution in [0, 0.1) is 0 Å². The maximum absolute atomic E-state index is 13.2. The lowest BCUT2D eigenvalue weighted by atomic mass is 10.3. The summed E-state index contributed by atoms with van der Waals surface area (Å²) < 4.78 is 32.6. The molecule has 0 aliphatic rings. The third-order valence-electron chi connectivity index (χ3n) is 4.19. The average molecular weight is 467 g/mol. The Kier molecular flexibility index (Phi) is 6.59. The van der Waals surface area contributed by atoms with Crippen LogP contribution in [0.3, 0.4) is 0 Å². The Bertz CT molecular complexity index is 1180. The lowest BCUT2D eigenvalue weighted by Crippen LogP contribution is -2.21. The molecule has 0 fully saturated rings. The fraction of sp³-hybridized carbons (Fsp3) is 0.158. The van der Waals surface area contributed by atoms with Crippen molar-refractivity contribution in [2.45, 2.75) is 21.4 Å². The summed E-state index contributed by atoms with van der Waals surface area (Å²) in [5, 5.41) is 7.46. The third-order valence-corrected chi connectivity index (χ3v) is 7.15. The molecule has 1 amide bonds. The molecule has 30 heavy (non-hydrogen) atoms. The lowest BCUT2D eigenvalue weighted by Gasteiger charge is -2.09. The second-order valence-electron chi connectivity index (χ2n) is 6.09. The highest BCUT2D eigenvalue weighted by Crippen LogP contribution is 2.34. The van der Waals surface area contributed by atoms with Gasteiger partial charge in [-0.2, -0.15) is 5.10 Å². The third kappa shape index (κ3) is 4.40. The number of para-hydroxylation sites is 1. The number of hydrogen-bond donors (Lipinski definition) is 2. The van der Waals surface area contributed by atoms with Gasteiger partial charge in [0.2, 0.25) is 15.7 Å². The second kappa shape index (κ2) is 8.99. The average Bonchev–Trinajstić information content (AvgIpc) is 3.05. The summed E-state index contributed by atoms with van der Waals surface area (Å²) in [5.41, 5.74) is 6.54. The van der Waals surface area contributed by atoms with Crippen LogP contribution in [0.5, 0.6) is 5.75 Å². The first kappa shape index (κ1) is 22.0. The number of carbonyl (C=O) groups is 1. The maximum atomic E-state index is 13.2. The highest BCUT2D eigenvalue weighted by Gasteiger charge is 2.29. The smallest absolute Gasteiger partial charge is 0.246 e. The van der Waals surface area contributed by atoms with E-state index in [0.717, 1.165) is 16.4 Å². The zero-order valence-corrected chi connectivity index (χ0v) is 18.5. The van der Waals surface area contributed by atoms with Crippen LogP contribution < -0.4 is 15.8 Å². The molecule has 11 heteroatoms. The fourth-order valence-electron chi connectivity index (χ4n) is 2.70. The van der Waals surface area contributed by atoms with Gasteiger partial charge < -0.3 is 15.8 Å². The molecule has 3 N–H and O–H groups in total. The Morgan fingerprint density at radius 3 is 2.50 bits per heavy atom. The zero-order chi connectivity index (χ0) is 21.9. The van der Waals surface area contributed by atoms with Gasteiger partial charge in [-0.15, -0.1) is 11.8 Å². The van der Waals surface area contributed by atoms with Crippen LogP contribution in [-0.2, 0) is 21.2 Å². The molecule has 0 radical (unpaired) electrons. The molecule has 0 unspecified atom stereocenters. The van der Waals surface area contributed by atoms with Crippen molar-refractivity contribution >= 4 is 50.6 Å². The molecule has 1 aromatic heterocycles. The summed E-state index contributed by atoms with van der Waals surface area (Å²) >= 11 is 7.17. The number of nitrogens with zero attached hydrogens (tertiary/aromatic N) is 2. The van der Waals surface area contributed by atoms with Gasteiger partial charge in [0.25, 0.3) is 0 Å². The molecule has 3 rings (SSSR count). The lowest BCUT2D eigenvalue weighted by molar-refractivity contribution is -0.116. The number of hydrogen-bond acceptors (Lipinski definition) is 7. The molecule has 0 aliphatic carbocycles. The number of anilines is 2. The summed E-state index contributed by atoms with van der Waals surface area (Å²) in [4.78, 5) is 12.3. The van der Waals surface area contributed by atoms with E-state index in [1.807, 2.05) is 0 Å². The maximum Gasteiger partial charge on any atom is 0.246 e. The molecule has 0 saturated carbocycles. The van der Waals surface area contributed by atoms with Crippen LogP contribution in [0.25, 0.3) is 0 Å². The predicted molar refractivity (Wildman–Crippen MR) is 117 cm³/mol. The molecule has 0 aliphatic heterocycles. The highest BCUT2D eigenvalue weighted by molar-refractivity contribution is 7.99. The van der Waals surface area contributed by atoms with E-state index in [1.165, 1.54) is 19.2 Å². The number of rotatable bonds is 7. The summed E-state index contributed by atoms with van der Waals surface area (Å²) in [6.07, 6.45) is 1.68. The summed E-state index contributed by atoms with van der Waals surface area (Å²) in [5.74, 6) is -0.0400.